The van der Waals surface area contributed by atoms with E-state index in [9.17, 15) is 9.18 Å². The Balaban J connectivity index is 1.64. The van der Waals surface area contributed by atoms with Crippen LogP contribution in [0.15, 0.2) is 18.2 Å². The summed E-state index contributed by atoms with van der Waals surface area (Å²) in [6, 6.07) is 4.65. The smallest absolute Gasteiger partial charge is 0.242 e. The fourth-order valence-electron chi connectivity index (χ4n) is 2.52. The highest BCUT2D eigenvalue weighted by Gasteiger charge is 2.58. The van der Waals surface area contributed by atoms with Crippen molar-refractivity contribution < 1.29 is 9.18 Å². The number of nitrogens with one attached hydrogen (secondary N) is 2. The molecule has 1 aliphatic heterocycles. The van der Waals surface area contributed by atoms with E-state index in [4.69, 9.17) is 0 Å². The lowest BCUT2D eigenvalue weighted by molar-refractivity contribution is -0.118. The second kappa shape index (κ2) is 3.50. The summed E-state index contributed by atoms with van der Waals surface area (Å²) >= 11 is 0. The van der Waals surface area contributed by atoms with Crippen molar-refractivity contribution in [2.45, 2.75) is 31.8 Å². The number of carbonyl (C=O) groups excluding carboxylic acids is 1. The number of rotatable bonds is 2. The Morgan fingerprint density at radius 1 is 1.59 bits per heavy atom. The number of hydrogen-bond acceptors (Lipinski definition) is 3. The van der Waals surface area contributed by atoms with Crippen molar-refractivity contribution >= 4 is 11.7 Å². The fraction of sp³-hybridized carbons (Fsp3) is 0.500. The number of pyridine rings is 1. The predicted octanol–water partition coefficient (Wildman–Crippen LogP) is 1.30. The SMILES string of the molecule is C[C@@]12C[C@@H](C(=O)Nc3cccc(F)n3)N[C@@H]1C2. The molecule has 2 heterocycles. The number of hydrogen-bond donors (Lipinski definition) is 2. The van der Waals surface area contributed by atoms with Crippen LogP contribution in [0.25, 0.3) is 0 Å². The Bertz CT molecular complexity index is 479. The van der Waals surface area contributed by atoms with Crippen LogP contribution in [0.2, 0.25) is 0 Å². The standard InChI is InChI=1S/C12H14FN3O/c1-12-5-7(14-8(12)6-12)11(17)16-10-4-2-3-9(13)15-10/h2-4,7-8,14H,5-6H2,1H3,(H,15,16,17)/t7-,8+,12-/m0/s1. The van der Waals surface area contributed by atoms with Crippen LogP contribution in [0.3, 0.4) is 0 Å². The van der Waals surface area contributed by atoms with Gasteiger partial charge in [0.05, 0.1) is 6.04 Å². The van der Waals surface area contributed by atoms with Crippen molar-refractivity contribution in [2.24, 2.45) is 5.41 Å². The molecule has 1 aromatic heterocycles. The molecule has 1 saturated heterocycles. The van der Waals surface area contributed by atoms with Gasteiger partial charge in [-0.05, 0) is 30.4 Å². The summed E-state index contributed by atoms with van der Waals surface area (Å²) in [5.74, 6) is -0.448. The van der Waals surface area contributed by atoms with E-state index in [0.29, 0.717) is 6.04 Å². The van der Waals surface area contributed by atoms with Crippen LogP contribution in [0, 0.1) is 11.4 Å². The summed E-state index contributed by atoms with van der Waals surface area (Å²) in [7, 11) is 0. The van der Waals surface area contributed by atoms with Gasteiger partial charge in [0.2, 0.25) is 11.9 Å². The van der Waals surface area contributed by atoms with Crippen LogP contribution < -0.4 is 10.6 Å². The minimum Gasteiger partial charge on any atom is -0.309 e. The molecular weight excluding hydrogens is 221 g/mol. The van der Waals surface area contributed by atoms with Crippen molar-refractivity contribution in [3.8, 4) is 0 Å². The maximum atomic E-state index is 12.8. The zero-order valence-corrected chi connectivity index (χ0v) is 9.53. The Kier molecular flexibility index (Phi) is 2.19. The molecule has 0 spiro atoms. The van der Waals surface area contributed by atoms with E-state index in [1.54, 1.807) is 6.07 Å². The van der Waals surface area contributed by atoms with Crippen LogP contribution in [-0.4, -0.2) is 23.0 Å². The normalized spacial score (nSPS) is 34.2. The number of aromatic nitrogens is 1. The van der Waals surface area contributed by atoms with E-state index in [0.717, 1.165) is 12.8 Å². The Morgan fingerprint density at radius 3 is 3.06 bits per heavy atom. The summed E-state index contributed by atoms with van der Waals surface area (Å²) in [5.41, 5.74) is 0.289. The largest absolute Gasteiger partial charge is 0.309 e. The number of amides is 1. The van der Waals surface area contributed by atoms with Crippen LogP contribution in [0.1, 0.15) is 19.8 Å². The monoisotopic (exact) mass is 235 g/mol. The maximum Gasteiger partial charge on any atom is 0.242 e. The van der Waals surface area contributed by atoms with E-state index in [1.165, 1.54) is 12.1 Å². The van der Waals surface area contributed by atoms with Crippen LogP contribution in [0.4, 0.5) is 10.2 Å². The first-order valence-electron chi connectivity index (χ1n) is 5.76. The Hall–Kier alpha value is -1.49. The second-order valence-corrected chi connectivity index (χ2v) is 5.17. The van der Waals surface area contributed by atoms with E-state index >= 15 is 0 Å². The molecule has 3 atom stereocenters. The molecular formula is C12H14FN3O. The number of halogens is 1. The third-order valence-electron chi connectivity index (χ3n) is 3.71. The third kappa shape index (κ3) is 1.91. The van der Waals surface area contributed by atoms with Crippen molar-refractivity contribution in [3.63, 3.8) is 0 Å². The van der Waals surface area contributed by atoms with Crippen LogP contribution in [0.5, 0.6) is 0 Å². The van der Waals surface area contributed by atoms with Gasteiger partial charge in [-0.15, -0.1) is 0 Å². The highest BCUT2D eigenvalue weighted by atomic mass is 19.1. The molecule has 0 bridgehead atoms. The molecule has 1 amide bonds. The Morgan fingerprint density at radius 2 is 2.41 bits per heavy atom. The van der Waals surface area contributed by atoms with Crippen molar-refractivity contribution in [3.05, 3.63) is 24.1 Å². The second-order valence-electron chi connectivity index (χ2n) is 5.17. The number of carbonyl (C=O) groups is 1. The van der Waals surface area contributed by atoms with Crippen molar-refractivity contribution in [2.75, 3.05) is 5.32 Å². The van der Waals surface area contributed by atoms with Gasteiger partial charge in [-0.25, -0.2) is 4.98 Å². The average molecular weight is 235 g/mol. The van der Waals surface area contributed by atoms with E-state index in [1.807, 2.05) is 0 Å². The molecule has 1 saturated carbocycles. The van der Waals surface area contributed by atoms with Gasteiger partial charge in [0, 0.05) is 6.04 Å². The van der Waals surface area contributed by atoms with Gasteiger partial charge in [0.15, 0.2) is 0 Å². The molecule has 17 heavy (non-hydrogen) atoms. The predicted molar refractivity (Wildman–Crippen MR) is 60.9 cm³/mol. The molecule has 0 aromatic carbocycles. The van der Waals surface area contributed by atoms with Gasteiger partial charge in [-0.2, -0.15) is 4.39 Å². The van der Waals surface area contributed by atoms with E-state index in [-0.39, 0.29) is 23.2 Å². The molecule has 2 N–H and O–H groups in total. The molecule has 4 nitrogen and oxygen atoms in total. The minimum absolute atomic E-state index is 0.128. The Labute approximate surface area is 98.6 Å². The van der Waals surface area contributed by atoms with E-state index in [2.05, 4.69) is 22.5 Å². The quantitative estimate of drug-likeness (QED) is 0.760. The zero-order chi connectivity index (χ0) is 12.0. The zero-order valence-electron chi connectivity index (χ0n) is 9.53. The third-order valence-corrected chi connectivity index (χ3v) is 3.71. The molecule has 0 radical (unpaired) electrons. The highest BCUT2D eigenvalue weighted by Crippen LogP contribution is 2.53. The number of nitrogens with zero attached hydrogens (tertiary/aromatic N) is 1. The van der Waals surface area contributed by atoms with Gasteiger partial charge < -0.3 is 10.6 Å². The molecule has 2 aliphatic rings. The lowest BCUT2D eigenvalue weighted by Crippen LogP contribution is -2.38. The number of anilines is 1. The lowest BCUT2D eigenvalue weighted by Gasteiger charge is -2.13. The average Bonchev–Trinajstić information content (AvgIpc) is 2.77. The lowest BCUT2D eigenvalue weighted by atomic mass is 10.0. The summed E-state index contributed by atoms with van der Waals surface area (Å²) < 4.78 is 12.8. The molecule has 90 valence electrons. The molecule has 3 rings (SSSR count). The molecule has 1 aliphatic carbocycles. The maximum absolute atomic E-state index is 12.8. The first-order valence-corrected chi connectivity index (χ1v) is 5.76. The summed E-state index contributed by atoms with van der Waals surface area (Å²) in [6.07, 6.45) is 1.99. The molecule has 0 unspecified atom stereocenters. The number of piperidine rings is 1. The first-order chi connectivity index (χ1) is 8.07. The first kappa shape index (κ1) is 10.7. The van der Waals surface area contributed by atoms with Crippen LogP contribution in [-0.2, 0) is 4.79 Å². The topological polar surface area (TPSA) is 54.0 Å². The summed E-state index contributed by atoms with van der Waals surface area (Å²) in [5, 5.41) is 5.90. The van der Waals surface area contributed by atoms with Gasteiger partial charge in [0.1, 0.15) is 5.82 Å². The van der Waals surface area contributed by atoms with Crippen molar-refractivity contribution in [1.29, 1.82) is 0 Å². The molecule has 2 fully saturated rings. The molecule has 5 heteroatoms. The van der Waals surface area contributed by atoms with E-state index < -0.39 is 5.95 Å². The van der Waals surface area contributed by atoms with Gasteiger partial charge in [-0.1, -0.05) is 13.0 Å². The minimum atomic E-state index is -0.586. The van der Waals surface area contributed by atoms with Crippen molar-refractivity contribution in [1.82, 2.24) is 10.3 Å². The molecule has 1 aromatic rings. The van der Waals surface area contributed by atoms with Gasteiger partial charge >= 0.3 is 0 Å². The summed E-state index contributed by atoms with van der Waals surface area (Å²) in [6.45, 7) is 2.18. The van der Waals surface area contributed by atoms with Gasteiger partial charge in [0.25, 0.3) is 0 Å². The van der Waals surface area contributed by atoms with Gasteiger partial charge in [-0.3, -0.25) is 4.79 Å². The van der Waals surface area contributed by atoms with Crippen LogP contribution >= 0.6 is 0 Å². The fourth-order valence-corrected chi connectivity index (χ4v) is 2.52. The summed E-state index contributed by atoms with van der Waals surface area (Å²) in [4.78, 5) is 15.5. The number of fused-ring (bicyclic) bond motifs is 1. The highest BCUT2D eigenvalue weighted by molar-refractivity contribution is 5.94.